The van der Waals surface area contributed by atoms with Crippen LogP contribution in [-0.4, -0.2) is 30.4 Å². The van der Waals surface area contributed by atoms with Crippen LogP contribution in [0.25, 0.3) is 0 Å². The van der Waals surface area contributed by atoms with Gasteiger partial charge in [-0.05, 0) is 18.8 Å². The van der Waals surface area contributed by atoms with Crippen LogP contribution in [0.3, 0.4) is 0 Å². The Morgan fingerprint density at radius 1 is 1.50 bits per heavy atom. The van der Waals surface area contributed by atoms with Crippen LogP contribution in [-0.2, 0) is 4.74 Å². The van der Waals surface area contributed by atoms with E-state index in [-0.39, 0.29) is 11.0 Å². The van der Waals surface area contributed by atoms with Gasteiger partial charge in [-0.15, -0.1) is 11.8 Å². The van der Waals surface area contributed by atoms with E-state index in [4.69, 9.17) is 10.00 Å². The smallest absolute Gasteiger partial charge is 0.381 e. The molecule has 1 fully saturated rings. The fourth-order valence-corrected chi connectivity index (χ4v) is 2.66. The molecule has 0 aromatic rings. The van der Waals surface area contributed by atoms with Gasteiger partial charge in [0, 0.05) is 19.0 Å². The van der Waals surface area contributed by atoms with E-state index >= 15 is 0 Å². The molecular weight excluding hydrogens is 239 g/mol. The molecule has 2 atom stereocenters. The molecule has 1 aliphatic rings. The fourth-order valence-electron chi connectivity index (χ4n) is 1.55. The summed E-state index contributed by atoms with van der Waals surface area (Å²) >= 11 is 1.10. The van der Waals surface area contributed by atoms with Crippen molar-refractivity contribution in [3.8, 4) is 6.07 Å². The topological polar surface area (TPSA) is 33.0 Å². The molecular formula is C10H14F3NOS. The number of halogens is 3. The molecule has 6 heteroatoms. The number of hydrogen-bond acceptors (Lipinski definition) is 3. The van der Waals surface area contributed by atoms with Crippen molar-refractivity contribution in [1.29, 1.82) is 5.26 Å². The Morgan fingerprint density at radius 2 is 2.25 bits per heavy atom. The summed E-state index contributed by atoms with van der Waals surface area (Å²) in [6.07, 6.45) is -3.39. The maximum Gasteiger partial charge on any atom is 0.389 e. The predicted octanol–water partition coefficient (Wildman–Crippen LogP) is 2.99. The molecule has 0 aliphatic carbocycles. The van der Waals surface area contributed by atoms with Gasteiger partial charge in [-0.25, -0.2) is 0 Å². The lowest BCUT2D eigenvalue weighted by Crippen LogP contribution is -2.13. The Hall–Kier alpha value is -0.410. The van der Waals surface area contributed by atoms with Gasteiger partial charge in [0.15, 0.2) is 0 Å². The minimum atomic E-state index is -4.12. The molecule has 2 nitrogen and oxygen atoms in total. The second-order valence-electron chi connectivity index (χ2n) is 3.82. The Balaban J connectivity index is 2.19. The molecule has 2 unspecified atom stereocenters. The van der Waals surface area contributed by atoms with Crippen LogP contribution in [0.4, 0.5) is 13.2 Å². The first kappa shape index (κ1) is 13.7. The van der Waals surface area contributed by atoms with E-state index in [1.807, 2.05) is 0 Å². The molecule has 1 saturated heterocycles. The molecule has 0 amide bonds. The number of rotatable bonds is 5. The Morgan fingerprint density at radius 3 is 2.75 bits per heavy atom. The SMILES string of the molecule is N#CC(CC1CCOC1)SCCC(F)(F)F. The van der Waals surface area contributed by atoms with Crippen LogP contribution in [0.5, 0.6) is 0 Å². The summed E-state index contributed by atoms with van der Waals surface area (Å²) in [5, 5.41) is 8.48. The average molecular weight is 253 g/mol. The van der Waals surface area contributed by atoms with Crippen molar-refractivity contribution in [2.75, 3.05) is 19.0 Å². The van der Waals surface area contributed by atoms with Gasteiger partial charge in [0.1, 0.15) is 0 Å². The monoisotopic (exact) mass is 253 g/mol. The van der Waals surface area contributed by atoms with Crippen LogP contribution < -0.4 is 0 Å². The lowest BCUT2D eigenvalue weighted by molar-refractivity contribution is -0.129. The predicted molar refractivity (Wildman–Crippen MR) is 56.1 cm³/mol. The molecule has 0 N–H and O–H groups in total. The van der Waals surface area contributed by atoms with Crippen molar-refractivity contribution < 1.29 is 17.9 Å². The van der Waals surface area contributed by atoms with Crippen LogP contribution in [0, 0.1) is 17.2 Å². The largest absolute Gasteiger partial charge is 0.389 e. The third-order valence-corrected chi connectivity index (χ3v) is 3.56. The van der Waals surface area contributed by atoms with E-state index in [1.165, 1.54) is 0 Å². The van der Waals surface area contributed by atoms with Gasteiger partial charge >= 0.3 is 6.18 Å². The van der Waals surface area contributed by atoms with E-state index in [0.29, 0.717) is 25.6 Å². The zero-order valence-corrected chi connectivity index (χ0v) is 9.61. The van der Waals surface area contributed by atoms with Crippen molar-refractivity contribution >= 4 is 11.8 Å². The highest BCUT2D eigenvalue weighted by Gasteiger charge is 2.27. The van der Waals surface area contributed by atoms with E-state index in [0.717, 1.165) is 18.2 Å². The summed E-state index contributed by atoms with van der Waals surface area (Å²) in [6, 6.07) is 2.06. The number of ether oxygens (including phenoxy) is 1. The number of nitriles is 1. The van der Waals surface area contributed by atoms with Gasteiger partial charge in [0.25, 0.3) is 0 Å². The highest BCUT2D eigenvalue weighted by molar-refractivity contribution is 8.00. The van der Waals surface area contributed by atoms with Crippen molar-refractivity contribution in [1.82, 2.24) is 0 Å². The molecule has 0 aromatic carbocycles. The number of thioether (sulfide) groups is 1. The van der Waals surface area contributed by atoms with Gasteiger partial charge in [-0.1, -0.05) is 0 Å². The zero-order valence-electron chi connectivity index (χ0n) is 8.79. The van der Waals surface area contributed by atoms with Gasteiger partial charge in [-0.2, -0.15) is 18.4 Å². The molecule has 1 heterocycles. The van der Waals surface area contributed by atoms with Gasteiger partial charge in [0.05, 0.1) is 17.7 Å². The maximum atomic E-state index is 11.9. The first-order valence-electron chi connectivity index (χ1n) is 5.17. The third kappa shape index (κ3) is 5.61. The molecule has 0 radical (unpaired) electrons. The van der Waals surface area contributed by atoms with Crippen LogP contribution in [0.15, 0.2) is 0 Å². The molecule has 0 saturated carbocycles. The van der Waals surface area contributed by atoms with Crippen LogP contribution >= 0.6 is 11.8 Å². The van der Waals surface area contributed by atoms with Gasteiger partial charge < -0.3 is 4.74 Å². The van der Waals surface area contributed by atoms with Crippen molar-refractivity contribution in [2.24, 2.45) is 5.92 Å². The Kier molecular flexibility index (Phi) is 5.42. The highest BCUT2D eigenvalue weighted by atomic mass is 32.2. The van der Waals surface area contributed by atoms with E-state index in [1.54, 1.807) is 0 Å². The van der Waals surface area contributed by atoms with E-state index in [9.17, 15) is 13.2 Å². The number of hydrogen-bond donors (Lipinski definition) is 0. The van der Waals surface area contributed by atoms with Crippen LogP contribution in [0.2, 0.25) is 0 Å². The number of nitrogens with zero attached hydrogens (tertiary/aromatic N) is 1. The molecule has 0 aromatic heterocycles. The van der Waals surface area contributed by atoms with Crippen molar-refractivity contribution in [2.45, 2.75) is 30.7 Å². The zero-order chi connectivity index (χ0) is 12.0. The fraction of sp³-hybridized carbons (Fsp3) is 0.900. The lowest BCUT2D eigenvalue weighted by Gasteiger charge is -2.13. The van der Waals surface area contributed by atoms with Gasteiger partial charge in [0.2, 0.25) is 0 Å². The first-order valence-corrected chi connectivity index (χ1v) is 6.22. The Labute approximate surface area is 97.1 Å². The molecule has 0 bridgehead atoms. The van der Waals surface area contributed by atoms with E-state index in [2.05, 4.69) is 6.07 Å². The third-order valence-electron chi connectivity index (χ3n) is 2.42. The summed E-state index contributed by atoms with van der Waals surface area (Å²) in [4.78, 5) is 0. The number of alkyl halides is 3. The molecule has 92 valence electrons. The molecule has 0 spiro atoms. The standard InChI is InChI=1S/C10H14F3NOS/c11-10(12,13)2-4-16-9(6-14)5-8-1-3-15-7-8/h8-9H,1-5,7H2. The van der Waals surface area contributed by atoms with Crippen molar-refractivity contribution in [3.63, 3.8) is 0 Å². The van der Waals surface area contributed by atoms with E-state index < -0.39 is 12.6 Å². The summed E-state index contributed by atoms with van der Waals surface area (Å²) in [6.45, 7) is 1.34. The summed E-state index contributed by atoms with van der Waals surface area (Å²) in [5.41, 5.74) is 0. The molecule has 1 rings (SSSR count). The normalized spacial score (nSPS) is 23.0. The second kappa shape index (κ2) is 6.36. The quantitative estimate of drug-likeness (QED) is 0.755. The summed E-state index contributed by atoms with van der Waals surface area (Å²) in [7, 11) is 0. The summed E-state index contributed by atoms with van der Waals surface area (Å²) in [5.74, 6) is 0.304. The highest BCUT2D eigenvalue weighted by Crippen LogP contribution is 2.28. The molecule has 1 aliphatic heterocycles. The summed E-state index contributed by atoms with van der Waals surface area (Å²) < 4.78 is 40.9. The lowest BCUT2D eigenvalue weighted by atomic mass is 10.0. The first-order chi connectivity index (χ1) is 7.51. The van der Waals surface area contributed by atoms with Crippen molar-refractivity contribution in [3.05, 3.63) is 0 Å². The second-order valence-corrected chi connectivity index (χ2v) is 5.13. The maximum absolute atomic E-state index is 11.9. The van der Waals surface area contributed by atoms with Crippen LogP contribution in [0.1, 0.15) is 19.3 Å². The molecule has 16 heavy (non-hydrogen) atoms. The Bertz CT molecular complexity index is 245. The average Bonchev–Trinajstić information content (AvgIpc) is 2.67. The van der Waals surface area contributed by atoms with Gasteiger partial charge in [-0.3, -0.25) is 0 Å². The minimum Gasteiger partial charge on any atom is -0.381 e. The minimum absolute atomic E-state index is 0.0324.